The van der Waals surface area contributed by atoms with Crippen LogP contribution in [0.25, 0.3) is 0 Å². The van der Waals surface area contributed by atoms with Gasteiger partial charge in [-0.25, -0.2) is 0 Å². The summed E-state index contributed by atoms with van der Waals surface area (Å²) in [7, 11) is 0. The first-order valence-electron chi connectivity index (χ1n) is 9.83. The quantitative estimate of drug-likeness (QED) is 0.816. The van der Waals surface area contributed by atoms with E-state index in [2.05, 4.69) is 35.9 Å². The lowest BCUT2D eigenvalue weighted by atomic mass is 9.87. The summed E-state index contributed by atoms with van der Waals surface area (Å²) in [6, 6.07) is 0. The monoisotopic (exact) mass is 359 g/mol. The van der Waals surface area contributed by atoms with E-state index in [0.717, 1.165) is 19.0 Å². The van der Waals surface area contributed by atoms with Crippen LogP contribution in [-0.2, 0) is 4.74 Å². The lowest BCUT2D eigenvalue weighted by Gasteiger charge is -2.39. The Balaban J connectivity index is 0.00000208. The molecule has 3 atom stereocenters. The van der Waals surface area contributed by atoms with E-state index in [1.807, 2.05) is 0 Å². The molecular formula is C19H38ClN3O. The minimum absolute atomic E-state index is 0. The van der Waals surface area contributed by atoms with E-state index >= 15 is 0 Å². The number of likely N-dealkylation sites (tertiary alicyclic amines) is 1. The first-order valence-corrected chi connectivity index (χ1v) is 9.83. The second-order valence-corrected chi connectivity index (χ2v) is 8.76. The van der Waals surface area contributed by atoms with Crippen molar-refractivity contribution in [2.24, 2.45) is 11.3 Å². The lowest BCUT2D eigenvalue weighted by Crippen LogP contribution is -2.46. The van der Waals surface area contributed by atoms with Crippen molar-refractivity contribution in [3.05, 3.63) is 0 Å². The highest BCUT2D eigenvalue weighted by molar-refractivity contribution is 5.85. The van der Waals surface area contributed by atoms with Crippen LogP contribution in [0.1, 0.15) is 46.5 Å². The first kappa shape index (κ1) is 20.4. The van der Waals surface area contributed by atoms with Gasteiger partial charge in [0.05, 0.1) is 12.2 Å². The molecule has 3 saturated heterocycles. The molecule has 0 aromatic heterocycles. The molecule has 3 fully saturated rings. The highest BCUT2D eigenvalue weighted by Gasteiger charge is 2.32. The Labute approximate surface area is 155 Å². The van der Waals surface area contributed by atoms with E-state index in [4.69, 9.17) is 4.74 Å². The first-order chi connectivity index (χ1) is 11.0. The minimum atomic E-state index is 0. The average Bonchev–Trinajstić information content (AvgIpc) is 2.92. The zero-order valence-electron chi connectivity index (χ0n) is 15.9. The molecule has 3 aliphatic heterocycles. The van der Waals surface area contributed by atoms with Crippen LogP contribution >= 0.6 is 12.4 Å². The van der Waals surface area contributed by atoms with Gasteiger partial charge in [-0.2, -0.15) is 0 Å². The van der Waals surface area contributed by atoms with Crippen molar-refractivity contribution in [3.63, 3.8) is 0 Å². The molecule has 3 rings (SSSR count). The molecule has 0 bridgehead atoms. The Bertz CT molecular complexity index is 358. The van der Waals surface area contributed by atoms with Crippen LogP contribution in [0.2, 0.25) is 0 Å². The second-order valence-electron chi connectivity index (χ2n) is 8.76. The second kappa shape index (κ2) is 9.18. The Kier molecular flexibility index (Phi) is 7.82. The number of hydrogen-bond acceptors (Lipinski definition) is 4. The van der Waals surface area contributed by atoms with Crippen LogP contribution in [0.5, 0.6) is 0 Å². The van der Waals surface area contributed by atoms with Gasteiger partial charge in [0, 0.05) is 26.2 Å². The molecule has 1 N–H and O–H groups in total. The van der Waals surface area contributed by atoms with E-state index in [1.54, 1.807) is 0 Å². The molecule has 24 heavy (non-hydrogen) atoms. The SMILES string of the molecule is CC1CN(CCC2CCN(CC3(C)CCNC3)CC2)CC(C)O1.Cl. The number of nitrogens with zero attached hydrogens (tertiary/aromatic N) is 2. The van der Waals surface area contributed by atoms with Gasteiger partial charge in [-0.3, -0.25) is 4.90 Å². The van der Waals surface area contributed by atoms with Crippen molar-refractivity contribution in [2.75, 3.05) is 52.4 Å². The summed E-state index contributed by atoms with van der Waals surface area (Å²) < 4.78 is 5.84. The molecule has 3 aliphatic rings. The van der Waals surface area contributed by atoms with Gasteiger partial charge in [0.1, 0.15) is 0 Å². The molecule has 0 spiro atoms. The van der Waals surface area contributed by atoms with Crippen LogP contribution in [0.15, 0.2) is 0 Å². The number of nitrogens with one attached hydrogen (secondary N) is 1. The van der Waals surface area contributed by atoms with Crippen molar-refractivity contribution in [1.82, 2.24) is 15.1 Å². The van der Waals surface area contributed by atoms with Crippen molar-refractivity contribution in [3.8, 4) is 0 Å². The normalized spacial score (nSPS) is 36.6. The number of ether oxygens (including phenoxy) is 1. The predicted molar refractivity (Wildman–Crippen MR) is 103 cm³/mol. The number of halogens is 1. The summed E-state index contributed by atoms with van der Waals surface area (Å²) in [5.41, 5.74) is 0.521. The Morgan fingerprint density at radius 1 is 1.08 bits per heavy atom. The van der Waals surface area contributed by atoms with Gasteiger partial charge in [0.2, 0.25) is 0 Å². The molecule has 5 heteroatoms. The third-order valence-corrected chi connectivity index (χ3v) is 6.12. The van der Waals surface area contributed by atoms with Gasteiger partial charge in [-0.15, -0.1) is 12.4 Å². The zero-order valence-corrected chi connectivity index (χ0v) is 16.7. The van der Waals surface area contributed by atoms with Crippen LogP contribution < -0.4 is 5.32 Å². The molecule has 3 unspecified atom stereocenters. The number of piperidine rings is 1. The molecule has 4 nitrogen and oxygen atoms in total. The third kappa shape index (κ3) is 5.84. The Morgan fingerprint density at radius 2 is 1.75 bits per heavy atom. The number of hydrogen-bond donors (Lipinski definition) is 1. The highest BCUT2D eigenvalue weighted by Crippen LogP contribution is 2.29. The van der Waals surface area contributed by atoms with Gasteiger partial charge in [-0.05, 0) is 77.0 Å². The van der Waals surface area contributed by atoms with Crippen molar-refractivity contribution in [2.45, 2.75) is 58.7 Å². The zero-order chi connectivity index (χ0) is 16.3. The summed E-state index contributed by atoms with van der Waals surface area (Å²) in [6.45, 7) is 16.7. The van der Waals surface area contributed by atoms with Crippen LogP contribution in [-0.4, -0.2) is 74.4 Å². The molecule has 0 saturated carbocycles. The average molecular weight is 360 g/mol. The van der Waals surface area contributed by atoms with Crippen LogP contribution in [0.3, 0.4) is 0 Å². The maximum atomic E-state index is 5.84. The molecular weight excluding hydrogens is 322 g/mol. The van der Waals surface area contributed by atoms with E-state index in [-0.39, 0.29) is 12.4 Å². The van der Waals surface area contributed by atoms with E-state index < -0.39 is 0 Å². The topological polar surface area (TPSA) is 27.7 Å². The smallest absolute Gasteiger partial charge is 0.0678 e. The standard InChI is InChI=1S/C19H37N3O.ClH/c1-16-12-22(13-17(2)23-16)11-6-18-4-9-21(10-5-18)15-19(3)7-8-20-14-19;/h16-18,20H,4-15H2,1-3H3;1H. The third-order valence-electron chi connectivity index (χ3n) is 6.12. The fourth-order valence-corrected chi connectivity index (χ4v) is 4.81. The van der Waals surface area contributed by atoms with Crippen LogP contribution in [0, 0.1) is 11.3 Å². The van der Waals surface area contributed by atoms with E-state index in [9.17, 15) is 0 Å². The fourth-order valence-electron chi connectivity index (χ4n) is 4.81. The maximum Gasteiger partial charge on any atom is 0.0678 e. The van der Waals surface area contributed by atoms with Gasteiger partial charge in [-0.1, -0.05) is 6.92 Å². The number of morpholine rings is 1. The maximum absolute atomic E-state index is 5.84. The molecule has 0 aliphatic carbocycles. The minimum Gasteiger partial charge on any atom is -0.373 e. The molecule has 0 radical (unpaired) electrons. The summed E-state index contributed by atoms with van der Waals surface area (Å²) >= 11 is 0. The van der Waals surface area contributed by atoms with E-state index in [0.29, 0.717) is 17.6 Å². The Morgan fingerprint density at radius 3 is 2.33 bits per heavy atom. The van der Waals surface area contributed by atoms with Crippen molar-refractivity contribution >= 4 is 12.4 Å². The van der Waals surface area contributed by atoms with Gasteiger partial charge >= 0.3 is 0 Å². The summed E-state index contributed by atoms with van der Waals surface area (Å²) in [5, 5.41) is 3.53. The predicted octanol–water partition coefficient (Wildman–Crippen LogP) is 2.62. The van der Waals surface area contributed by atoms with Gasteiger partial charge in [0.15, 0.2) is 0 Å². The highest BCUT2D eigenvalue weighted by atomic mass is 35.5. The molecule has 0 aromatic rings. The largest absolute Gasteiger partial charge is 0.373 e. The summed E-state index contributed by atoms with van der Waals surface area (Å²) in [6.07, 6.45) is 6.34. The van der Waals surface area contributed by atoms with Crippen molar-refractivity contribution in [1.29, 1.82) is 0 Å². The molecule has 0 aromatic carbocycles. The molecule has 142 valence electrons. The fraction of sp³-hybridized carbons (Fsp3) is 1.00. The summed E-state index contributed by atoms with van der Waals surface area (Å²) in [4.78, 5) is 5.35. The summed E-state index contributed by atoms with van der Waals surface area (Å²) in [5.74, 6) is 0.939. The molecule has 0 amide bonds. The van der Waals surface area contributed by atoms with Crippen LogP contribution in [0.4, 0.5) is 0 Å². The number of rotatable bonds is 5. The lowest BCUT2D eigenvalue weighted by molar-refractivity contribution is -0.0694. The molecule has 3 heterocycles. The van der Waals surface area contributed by atoms with Gasteiger partial charge < -0.3 is 15.0 Å². The van der Waals surface area contributed by atoms with Crippen molar-refractivity contribution < 1.29 is 4.74 Å². The van der Waals surface area contributed by atoms with Gasteiger partial charge in [0.25, 0.3) is 0 Å². The van der Waals surface area contributed by atoms with E-state index in [1.165, 1.54) is 65.0 Å². The Hall–Kier alpha value is 0.130.